The summed E-state index contributed by atoms with van der Waals surface area (Å²) in [6.07, 6.45) is 0.252. The van der Waals surface area contributed by atoms with Crippen molar-refractivity contribution in [2.45, 2.75) is 26.7 Å². The van der Waals surface area contributed by atoms with Crippen molar-refractivity contribution in [3.63, 3.8) is 0 Å². The van der Waals surface area contributed by atoms with Crippen LogP contribution in [0.15, 0.2) is 35.9 Å². The van der Waals surface area contributed by atoms with Crippen molar-refractivity contribution in [3.05, 3.63) is 41.5 Å². The van der Waals surface area contributed by atoms with Gasteiger partial charge in [0.05, 0.1) is 18.6 Å². The van der Waals surface area contributed by atoms with Crippen LogP contribution in [0.4, 0.5) is 0 Å². The first kappa shape index (κ1) is 15.0. The van der Waals surface area contributed by atoms with Gasteiger partial charge < -0.3 is 9.84 Å². The number of hydrogen-bond donors (Lipinski definition) is 1. The van der Waals surface area contributed by atoms with Gasteiger partial charge in [-0.25, -0.2) is 4.79 Å². The van der Waals surface area contributed by atoms with Crippen molar-refractivity contribution >= 4 is 17.5 Å². The third-order valence-corrected chi connectivity index (χ3v) is 2.69. The third-order valence-electron chi connectivity index (χ3n) is 2.69. The van der Waals surface area contributed by atoms with E-state index < -0.39 is 11.9 Å². The van der Waals surface area contributed by atoms with E-state index in [2.05, 4.69) is 0 Å². The number of carbonyl (C=O) groups excluding carboxylic acids is 1. The highest BCUT2D eigenvalue weighted by molar-refractivity contribution is 6.01. The minimum atomic E-state index is -1.04. The number of hydrogen-bond acceptors (Lipinski definition) is 3. The Bertz CT molecular complexity index is 474. The summed E-state index contributed by atoms with van der Waals surface area (Å²) >= 11 is 0. The quantitative estimate of drug-likeness (QED) is 0.632. The molecular formula is C15H18O4. The molecule has 102 valence electrons. The van der Waals surface area contributed by atoms with Crippen LogP contribution >= 0.6 is 0 Å². The Morgan fingerprint density at radius 1 is 1.16 bits per heavy atom. The van der Waals surface area contributed by atoms with E-state index in [-0.39, 0.29) is 18.6 Å². The minimum absolute atomic E-state index is 0.225. The highest BCUT2D eigenvalue weighted by Crippen LogP contribution is 2.25. The lowest BCUT2D eigenvalue weighted by Gasteiger charge is -2.12. The molecule has 19 heavy (non-hydrogen) atoms. The van der Waals surface area contributed by atoms with Crippen LogP contribution in [0, 0.1) is 0 Å². The van der Waals surface area contributed by atoms with E-state index in [0.717, 1.165) is 11.1 Å². The molecule has 0 saturated heterocycles. The van der Waals surface area contributed by atoms with Crippen LogP contribution < -0.4 is 0 Å². The summed E-state index contributed by atoms with van der Waals surface area (Å²) in [6, 6.07) is 9.31. The fourth-order valence-corrected chi connectivity index (χ4v) is 1.90. The predicted octanol–water partition coefficient (Wildman–Crippen LogP) is 2.89. The number of carboxylic acid groups (broad SMARTS) is 1. The summed E-state index contributed by atoms with van der Waals surface area (Å²) in [7, 11) is 0. The molecule has 0 aromatic heterocycles. The molecule has 0 bridgehead atoms. The molecule has 1 N–H and O–H groups in total. The first-order valence-corrected chi connectivity index (χ1v) is 6.26. The molecule has 0 fully saturated rings. The average Bonchev–Trinajstić information content (AvgIpc) is 2.39. The molecule has 0 radical (unpaired) electrons. The number of rotatable bonds is 6. The summed E-state index contributed by atoms with van der Waals surface area (Å²) in [5.41, 5.74) is 1.80. The molecule has 0 saturated carbocycles. The number of carbonyl (C=O) groups is 2. The van der Waals surface area contributed by atoms with E-state index >= 15 is 0 Å². The first-order chi connectivity index (χ1) is 9.10. The van der Waals surface area contributed by atoms with Crippen LogP contribution in [0.5, 0.6) is 0 Å². The maximum atomic E-state index is 11.9. The molecule has 0 unspecified atom stereocenters. The molecule has 0 amide bonds. The Balaban J connectivity index is 3.25. The normalized spacial score (nSPS) is 11.7. The number of allylic oxidation sites excluding steroid dienone is 1. The molecule has 0 spiro atoms. The minimum Gasteiger partial charge on any atom is -0.481 e. The second-order valence-electron chi connectivity index (χ2n) is 3.97. The van der Waals surface area contributed by atoms with Crippen molar-refractivity contribution in [1.82, 2.24) is 0 Å². The molecule has 0 aliphatic carbocycles. The summed E-state index contributed by atoms with van der Waals surface area (Å²) in [4.78, 5) is 22.8. The van der Waals surface area contributed by atoms with E-state index in [0.29, 0.717) is 6.42 Å². The second kappa shape index (κ2) is 7.36. The van der Waals surface area contributed by atoms with Crippen LogP contribution in [0.25, 0.3) is 5.57 Å². The monoisotopic (exact) mass is 262 g/mol. The number of carboxylic acids is 1. The van der Waals surface area contributed by atoms with E-state index in [4.69, 9.17) is 9.84 Å². The van der Waals surface area contributed by atoms with E-state index in [1.165, 1.54) is 0 Å². The van der Waals surface area contributed by atoms with E-state index in [9.17, 15) is 9.59 Å². The van der Waals surface area contributed by atoms with Crippen molar-refractivity contribution in [3.8, 4) is 0 Å². The summed E-state index contributed by atoms with van der Waals surface area (Å²) < 4.78 is 4.95. The molecule has 1 aromatic rings. The van der Waals surface area contributed by atoms with Crippen molar-refractivity contribution in [2.75, 3.05) is 6.61 Å². The highest BCUT2D eigenvalue weighted by atomic mass is 16.5. The predicted molar refractivity (Wildman–Crippen MR) is 72.5 cm³/mol. The zero-order valence-electron chi connectivity index (χ0n) is 11.2. The van der Waals surface area contributed by atoms with E-state index in [1.54, 1.807) is 6.92 Å². The third kappa shape index (κ3) is 4.25. The highest BCUT2D eigenvalue weighted by Gasteiger charge is 2.19. The number of benzene rings is 1. The molecule has 1 aromatic carbocycles. The average molecular weight is 262 g/mol. The number of esters is 1. The van der Waals surface area contributed by atoms with Crippen LogP contribution in [0.2, 0.25) is 0 Å². The van der Waals surface area contributed by atoms with Crippen LogP contribution in [0.3, 0.4) is 0 Å². The van der Waals surface area contributed by atoms with E-state index in [1.807, 2.05) is 37.3 Å². The van der Waals surface area contributed by atoms with Crippen molar-refractivity contribution in [1.29, 1.82) is 0 Å². The van der Waals surface area contributed by atoms with Gasteiger partial charge in [0.15, 0.2) is 0 Å². The lowest BCUT2D eigenvalue weighted by Crippen LogP contribution is -2.13. The summed E-state index contributed by atoms with van der Waals surface area (Å²) in [6.45, 7) is 3.82. The zero-order valence-corrected chi connectivity index (χ0v) is 11.2. The van der Waals surface area contributed by atoms with Gasteiger partial charge in [-0.2, -0.15) is 0 Å². The van der Waals surface area contributed by atoms with Gasteiger partial charge in [-0.3, -0.25) is 4.79 Å². The first-order valence-electron chi connectivity index (χ1n) is 6.26. The van der Waals surface area contributed by atoms with Crippen LogP contribution in [-0.2, 0) is 14.3 Å². The van der Waals surface area contributed by atoms with Gasteiger partial charge in [0.25, 0.3) is 0 Å². The van der Waals surface area contributed by atoms with Gasteiger partial charge in [-0.05, 0) is 24.5 Å². The Labute approximate surface area is 112 Å². The fourth-order valence-electron chi connectivity index (χ4n) is 1.90. The molecule has 0 heterocycles. The topological polar surface area (TPSA) is 63.6 Å². The van der Waals surface area contributed by atoms with Gasteiger partial charge >= 0.3 is 11.9 Å². The van der Waals surface area contributed by atoms with Gasteiger partial charge in [-0.15, -0.1) is 0 Å². The number of ether oxygens (including phenoxy) is 1. The fraction of sp³-hybridized carbons (Fsp3) is 0.333. The molecule has 0 aliphatic heterocycles. The van der Waals surface area contributed by atoms with Crippen molar-refractivity contribution < 1.29 is 19.4 Å². The molecule has 0 atom stereocenters. The maximum Gasteiger partial charge on any atom is 0.334 e. The molecule has 4 nitrogen and oxygen atoms in total. The Morgan fingerprint density at radius 3 is 2.26 bits per heavy atom. The van der Waals surface area contributed by atoms with Crippen LogP contribution in [-0.4, -0.2) is 23.7 Å². The number of aliphatic carboxylic acids is 1. The lowest BCUT2D eigenvalue weighted by molar-refractivity contribution is -0.142. The molecule has 4 heteroatoms. The second-order valence-corrected chi connectivity index (χ2v) is 3.97. The van der Waals surface area contributed by atoms with Crippen molar-refractivity contribution in [2.24, 2.45) is 0 Å². The Morgan fingerprint density at radius 2 is 1.79 bits per heavy atom. The van der Waals surface area contributed by atoms with Crippen LogP contribution in [0.1, 0.15) is 32.3 Å². The maximum absolute atomic E-state index is 11.9. The molecule has 1 rings (SSSR count). The molecular weight excluding hydrogens is 244 g/mol. The van der Waals surface area contributed by atoms with Gasteiger partial charge in [-0.1, -0.05) is 37.3 Å². The van der Waals surface area contributed by atoms with Gasteiger partial charge in [0, 0.05) is 0 Å². The SMILES string of the molecule is CCOC(=O)/C(CC(=O)O)=C(\CC)c1ccccc1. The Hall–Kier alpha value is -2.10. The zero-order chi connectivity index (χ0) is 14.3. The standard InChI is InChI=1S/C15H18O4/c1-3-12(11-8-6-5-7-9-11)13(10-14(16)17)15(18)19-4-2/h5-9H,3-4,10H2,1-2H3,(H,16,17)/b13-12+. The molecule has 0 aliphatic rings. The summed E-state index contributed by atoms with van der Waals surface area (Å²) in [5, 5.41) is 8.95. The van der Waals surface area contributed by atoms with Gasteiger partial charge in [0.1, 0.15) is 0 Å². The smallest absolute Gasteiger partial charge is 0.334 e. The Kier molecular flexibility index (Phi) is 5.79. The largest absolute Gasteiger partial charge is 0.481 e. The summed E-state index contributed by atoms with van der Waals surface area (Å²) in [5.74, 6) is -1.59. The van der Waals surface area contributed by atoms with Gasteiger partial charge in [0.2, 0.25) is 0 Å². The lowest BCUT2D eigenvalue weighted by atomic mass is 9.95.